The number of rotatable bonds is 4. The van der Waals surface area contributed by atoms with Gasteiger partial charge in [0.2, 0.25) is 0 Å². The van der Waals surface area contributed by atoms with E-state index < -0.39 is 0 Å². The first kappa shape index (κ1) is 10.8. The van der Waals surface area contributed by atoms with Crippen LogP contribution in [-0.2, 0) is 16.6 Å². The Labute approximate surface area is 87.0 Å². The molecule has 0 aliphatic rings. The van der Waals surface area contributed by atoms with E-state index in [0.29, 0.717) is 6.61 Å². The molecule has 0 aromatic carbocycles. The fraction of sp³-hybridized carbons (Fsp3) is 0.333. The van der Waals surface area contributed by atoms with E-state index in [1.165, 1.54) is 17.8 Å². The van der Waals surface area contributed by atoms with Crippen molar-refractivity contribution in [1.29, 1.82) is 0 Å². The van der Waals surface area contributed by atoms with Crippen LogP contribution in [-0.4, -0.2) is 22.1 Å². The molecule has 0 saturated heterocycles. The fourth-order valence-electron chi connectivity index (χ4n) is 0.806. The van der Waals surface area contributed by atoms with Crippen molar-refractivity contribution in [3.8, 4) is 0 Å². The van der Waals surface area contributed by atoms with Gasteiger partial charge in [-0.1, -0.05) is 11.8 Å². The number of thioether (sulfide) groups is 1. The van der Waals surface area contributed by atoms with E-state index in [0.717, 1.165) is 5.16 Å². The number of nitrogens with zero attached hydrogens (tertiary/aromatic N) is 2. The first-order valence-corrected chi connectivity index (χ1v) is 5.09. The van der Waals surface area contributed by atoms with Crippen molar-refractivity contribution in [2.45, 2.75) is 12.1 Å². The standard InChI is InChI=1S/C9H12N2O2S/c1-3-13-8(12)4-7-14-9-10-5-6-11(9)2/h4-7H,3H2,1-2H3. The molecule has 0 bridgehead atoms. The summed E-state index contributed by atoms with van der Waals surface area (Å²) in [6.07, 6.45) is 4.95. The van der Waals surface area contributed by atoms with Crippen molar-refractivity contribution in [3.05, 3.63) is 23.9 Å². The lowest BCUT2D eigenvalue weighted by Crippen LogP contribution is -1.98. The van der Waals surface area contributed by atoms with Gasteiger partial charge < -0.3 is 9.30 Å². The van der Waals surface area contributed by atoms with Gasteiger partial charge in [0.15, 0.2) is 5.16 Å². The Hall–Kier alpha value is -1.23. The lowest BCUT2D eigenvalue weighted by atomic mass is 10.6. The number of carbonyl (C=O) groups excluding carboxylic acids is 1. The number of hydrogen-bond acceptors (Lipinski definition) is 4. The molecule has 0 fully saturated rings. The van der Waals surface area contributed by atoms with Gasteiger partial charge in [-0.3, -0.25) is 0 Å². The monoisotopic (exact) mass is 212 g/mol. The average molecular weight is 212 g/mol. The average Bonchev–Trinajstić information content (AvgIpc) is 2.52. The molecule has 14 heavy (non-hydrogen) atoms. The van der Waals surface area contributed by atoms with Crippen LogP contribution in [0.5, 0.6) is 0 Å². The molecular formula is C9H12N2O2S. The number of hydrogen-bond donors (Lipinski definition) is 0. The van der Waals surface area contributed by atoms with Crippen LogP contribution in [0.15, 0.2) is 29.0 Å². The molecule has 76 valence electrons. The Kier molecular flexibility index (Phi) is 4.25. The zero-order valence-electron chi connectivity index (χ0n) is 8.14. The second kappa shape index (κ2) is 5.49. The summed E-state index contributed by atoms with van der Waals surface area (Å²) in [5.74, 6) is -0.325. The van der Waals surface area contributed by atoms with Crippen LogP contribution in [0.25, 0.3) is 0 Å². The maximum absolute atomic E-state index is 10.9. The Bertz CT molecular complexity index is 333. The molecule has 1 rings (SSSR count). The third-order valence-electron chi connectivity index (χ3n) is 1.44. The molecule has 0 saturated carbocycles. The lowest BCUT2D eigenvalue weighted by molar-refractivity contribution is -0.137. The van der Waals surface area contributed by atoms with Crippen LogP contribution in [0.2, 0.25) is 0 Å². The van der Waals surface area contributed by atoms with Gasteiger partial charge in [0.05, 0.1) is 6.61 Å². The van der Waals surface area contributed by atoms with Gasteiger partial charge in [0.25, 0.3) is 0 Å². The zero-order chi connectivity index (χ0) is 10.4. The Balaban J connectivity index is 2.41. The van der Waals surface area contributed by atoms with Crippen LogP contribution in [0.3, 0.4) is 0 Å². The first-order chi connectivity index (χ1) is 6.74. The predicted molar refractivity (Wildman–Crippen MR) is 54.8 cm³/mol. The molecule has 0 aliphatic carbocycles. The lowest BCUT2D eigenvalue weighted by Gasteiger charge is -1.96. The van der Waals surface area contributed by atoms with E-state index in [-0.39, 0.29) is 5.97 Å². The molecule has 0 spiro atoms. The second-order valence-electron chi connectivity index (χ2n) is 2.49. The molecule has 1 aromatic heterocycles. The van der Waals surface area contributed by atoms with E-state index in [1.54, 1.807) is 18.5 Å². The molecule has 0 N–H and O–H groups in total. The van der Waals surface area contributed by atoms with Crippen molar-refractivity contribution >= 4 is 17.7 Å². The molecule has 5 heteroatoms. The smallest absolute Gasteiger partial charge is 0.331 e. The zero-order valence-corrected chi connectivity index (χ0v) is 8.95. The molecule has 0 aliphatic heterocycles. The second-order valence-corrected chi connectivity index (χ2v) is 3.37. The van der Waals surface area contributed by atoms with Gasteiger partial charge in [0, 0.05) is 25.5 Å². The number of esters is 1. The minimum absolute atomic E-state index is 0.325. The quantitative estimate of drug-likeness (QED) is 0.432. The highest BCUT2D eigenvalue weighted by Crippen LogP contribution is 2.15. The van der Waals surface area contributed by atoms with E-state index in [9.17, 15) is 4.79 Å². The van der Waals surface area contributed by atoms with Crippen molar-refractivity contribution in [2.24, 2.45) is 7.05 Å². The van der Waals surface area contributed by atoms with Gasteiger partial charge in [-0.15, -0.1) is 0 Å². The van der Waals surface area contributed by atoms with Crippen LogP contribution in [0.1, 0.15) is 6.92 Å². The van der Waals surface area contributed by atoms with Gasteiger partial charge in [-0.2, -0.15) is 0 Å². The number of imidazole rings is 1. The summed E-state index contributed by atoms with van der Waals surface area (Å²) in [4.78, 5) is 15.0. The summed E-state index contributed by atoms with van der Waals surface area (Å²) >= 11 is 1.38. The van der Waals surface area contributed by atoms with Gasteiger partial charge in [-0.05, 0) is 12.3 Å². The fourth-order valence-corrected chi connectivity index (χ4v) is 1.46. The molecule has 4 nitrogen and oxygen atoms in total. The molecule has 1 aromatic rings. The van der Waals surface area contributed by atoms with E-state index in [1.807, 2.05) is 17.8 Å². The van der Waals surface area contributed by atoms with Crippen molar-refractivity contribution < 1.29 is 9.53 Å². The maximum atomic E-state index is 10.9. The summed E-state index contributed by atoms with van der Waals surface area (Å²) in [7, 11) is 1.90. The number of aromatic nitrogens is 2. The van der Waals surface area contributed by atoms with Crippen molar-refractivity contribution in [3.63, 3.8) is 0 Å². The van der Waals surface area contributed by atoms with E-state index >= 15 is 0 Å². The van der Waals surface area contributed by atoms with Gasteiger partial charge in [-0.25, -0.2) is 9.78 Å². The van der Waals surface area contributed by atoms with Crippen LogP contribution < -0.4 is 0 Å². The van der Waals surface area contributed by atoms with Crippen LogP contribution >= 0.6 is 11.8 Å². The molecular weight excluding hydrogens is 200 g/mol. The van der Waals surface area contributed by atoms with Crippen LogP contribution in [0, 0.1) is 0 Å². The SMILES string of the molecule is CCOC(=O)C=CSc1nccn1C. The summed E-state index contributed by atoms with van der Waals surface area (Å²) in [5.41, 5.74) is 0. The molecule has 0 radical (unpaired) electrons. The van der Waals surface area contributed by atoms with Crippen molar-refractivity contribution in [2.75, 3.05) is 6.61 Å². The Morgan fingerprint density at radius 3 is 3.14 bits per heavy atom. The number of aryl methyl sites for hydroxylation is 1. The molecule has 0 unspecified atom stereocenters. The summed E-state index contributed by atoms with van der Waals surface area (Å²) < 4.78 is 6.60. The third kappa shape index (κ3) is 3.26. The largest absolute Gasteiger partial charge is 0.463 e. The minimum atomic E-state index is -0.325. The van der Waals surface area contributed by atoms with Crippen molar-refractivity contribution in [1.82, 2.24) is 9.55 Å². The summed E-state index contributed by atoms with van der Waals surface area (Å²) in [6, 6.07) is 0. The normalized spacial score (nSPS) is 10.7. The van der Waals surface area contributed by atoms with E-state index in [4.69, 9.17) is 4.74 Å². The molecule has 0 amide bonds. The topological polar surface area (TPSA) is 44.1 Å². The highest BCUT2D eigenvalue weighted by Gasteiger charge is 1.97. The molecule has 1 heterocycles. The molecule has 0 atom stereocenters. The highest BCUT2D eigenvalue weighted by molar-refractivity contribution is 8.02. The van der Waals surface area contributed by atoms with Gasteiger partial charge in [0.1, 0.15) is 0 Å². The summed E-state index contributed by atoms with van der Waals surface area (Å²) in [5, 5.41) is 2.51. The minimum Gasteiger partial charge on any atom is -0.463 e. The Morgan fingerprint density at radius 1 is 1.79 bits per heavy atom. The number of carbonyl (C=O) groups is 1. The third-order valence-corrected chi connectivity index (χ3v) is 2.32. The first-order valence-electron chi connectivity index (χ1n) is 4.21. The highest BCUT2D eigenvalue weighted by atomic mass is 32.2. The maximum Gasteiger partial charge on any atom is 0.331 e. The summed E-state index contributed by atoms with van der Waals surface area (Å²) in [6.45, 7) is 2.17. The van der Waals surface area contributed by atoms with Crippen LogP contribution in [0.4, 0.5) is 0 Å². The van der Waals surface area contributed by atoms with Gasteiger partial charge >= 0.3 is 5.97 Å². The Morgan fingerprint density at radius 2 is 2.57 bits per heavy atom. The predicted octanol–water partition coefficient (Wildman–Crippen LogP) is 1.59. The number of ether oxygens (including phenoxy) is 1. The van der Waals surface area contributed by atoms with E-state index in [2.05, 4.69) is 4.98 Å².